The quantitative estimate of drug-likeness (QED) is 0.363. The maximum absolute atomic E-state index is 12.9. The van der Waals surface area contributed by atoms with E-state index in [1.165, 1.54) is 12.1 Å². The van der Waals surface area contributed by atoms with Gasteiger partial charge in [0.2, 0.25) is 5.95 Å². The number of aliphatic hydroxyl groups excluding tert-OH is 3. The summed E-state index contributed by atoms with van der Waals surface area (Å²) in [6, 6.07) is 15.7. The van der Waals surface area contributed by atoms with Crippen LogP contribution in [0.25, 0.3) is 11.3 Å². The molecule has 0 radical (unpaired) electrons. The van der Waals surface area contributed by atoms with Crippen LogP contribution < -0.4 is 10.6 Å². The third kappa shape index (κ3) is 4.64. The number of rotatable bonds is 8. The van der Waals surface area contributed by atoms with Crippen molar-refractivity contribution in [2.45, 2.75) is 5.54 Å². The minimum atomic E-state index is -1.61. The molecule has 0 bridgehead atoms. The van der Waals surface area contributed by atoms with Crippen LogP contribution in [-0.2, 0) is 7.05 Å². The van der Waals surface area contributed by atoms with Crippen LogP contribution in [0.1, 0.15) is 20.7 Å². The van der Waals surface area contributed by atoms with Gasteiger partial charge in [-0.25, -0.2) is 4.98 Å². The van der Waals surface area contributed by atoms with E-state index >= 15 is 0 Å². The summed E-state index contributed by atoms with van der Waals surface area (Å²) >= 11 is 0. The van der Waals surface area contributed by atoms with Crippen molar-refractivity contribution in [3.8, 4) is 11.3 Å². The summed E-state index contributed by atoms with van der Waals surface area (Å²) in [5.41, 5.74) is 0.237. The van der Waals surface area contributed by atoms with Gasteiger partial charge in [-0.3, -0.25) is 14.9 Å². The predicted molar refractivity (Wildman–Crippen MR) is 114 cm³/mol. The van der Waals surface area contributed by atoms with Gasteiger partial charge in [-0.15, -0.1) is 0 Å². The van der Waals surface area contributed by atoms with Crippen molar-refractivity contribution in [2.75, 3.05) is 25.1 Å². The summed E-state index contributed by atoms with van der Waals surface area (Å²) in [5.74, 6) is -0.969. The first kappa shape index (κ1) is 22.2. The number of anilines is 1. The van der Waals surface area contributed by atoms with E-state index < -0.39 is 37.2 Å². The second kappa shape index (κ2) is 9.52. The molecule has 0 atom stereocenters. The number of aliphatic hydroxyl groups is 3. The molecule has 3 rings (SSSR count). The SMILES string of the molecule is Cn1c(-c2ccccc2)cnc1NC(=O)c1ccccc1C(=O)NC(CO)(CO)CO. The number of nitrogens with one attached hydrogen (secondary N) is 2. The van der Waals surface area contributed by atoms with Gasteiger partial charge in [-0.1, -0.05) is 42.5 Å². The van der Waals surface area contributed by atoms with Crippen molar-refractivity contribution in [3.05, 3.63) is 71.9 Å². The Morgan fingerprint density at radius 3 is 2.03 bits per heavy atom. The first-order valence-electron chi connectivity index (χ1n) is 9.57. The van der Waals surface area contributed by atoms with Crippen LogP contribution in [0.2, 0.25) is 0 Å². The van der Waals surface area contributed by atoms with Gasteiger partial charge in [0, 0.05) is 7.05 Å². The fourth-order valence-corrected chi connectivity index (χ4v) is 3.03. The molecule has 0 fully saturated rings. The van der Waals surface area contributed by atoms with E-state index in [9.17, 15) is 24.9 Å². The van der Waals surface area contributed by atoms with Gasteiger partial charge in [0.05, 0.1) is 42.8 Å². The highest BCUT2D eigenvalue weighted by atomic mass is 16.3. The largest absolute Gasteiger partial charge is 0.394 e. The molecule has 9 heteroatoms. The van der Waals surface area contributed by atoms with Gasteiger partial charge in [-0.2, -0.15) is 0 Å². The minimum Gasteiger partial charge on any atom is -0.394 e. The Morgan fingerprint density at radius 1 is 0.903 bits per heavy atom. The maximum Gasteiger partial charge on any atom is 0.258 e. The molecule has 1 heterocycles. The monoisotopic (exact) mass is 424 g/mol. The number of hydrogen-bond acceptors (Lipinski definition) is 6. The van der Waals surface area contributed by atoms with Crippen LogP contribution in [0.15, 0.2) is 60.8 Å². The van der Waals surface area contributed by atoms with Gasteiger partial charge >= 0.3 is 0 Å². The van der Waals surface area contributed by atoms with Gasteiger partial charge < -0.3 is 25.2 Å². The minimum absolute atomic E-state index is 0.0252. The van der Waals surface area contributed by atoms with Gasteiger partial charge in [0.15, 0.2) is 0 Å². The van der Waals surface area contributed by atoms with Crippen LogP contribution in [-0.4, -0.2) is 62.0 Å². The number of imidazole rings is 1. The number of hydrogen-bond donors (Lipinski definition) is 5. The maximum atomic E-state index is 12.9. The molecule has 0 aliphatic carbocycles. The Labute approximate surface area is 179 Å². The Bertz CT molecular complexity index is 1050. The van der Waals surface area contributed by atoms with Crippen LogP contribution in [0, 0.1) is 0 Å². The number of amides is 2. The van der Waals surface area contributed by atoms with E-state index in [1.54, 1.807) is 29.9 Å². The second-order valence-corrected chi connectivity index (χ2v) is 7.10. The van der Waals surface area contributed by atoms with Crippen molar-refractivity contribution in [2.24, 2.45) is 7.05 Å². The highest BCUT2D eigenvalue weighted by Crippen LogP contribution is 2.22. The zero-order valence-corrected chi connectivity index (χ0v) is 16.9. The van der Waals surface area contributed by atoms with Crippen molar-refractivity contribution in [3.63, 3.8) is 0 Å². The lowest BCUT2D eigenvalue weighted by Crippen LogP contribution is -2.57. The van der Waals surface area contributed by atoms with Crippen molar-refractivity contribution in [1.82, 2.24) is 14.9 Å². The lowest BCUT2D eigenvalue weighted by Gasteiger charge is -2.29. The van der Waals surface area contributed by atoms with Crippen molar-refractivity contribution < 1.29 is 24.9 Å². The molecule has 5 N–H and O–H groups in total. The lowest BCUT2D eigenvalue weighted by atomic mass is 10.0. The van der Waals surface area contributed by atoms with Gasteiger partial charge in [-0.05, 0) is 17.7 Å². The van der Waals surface area contributed by atoms with Crippen LogP contribution >= 0.6 is 0 Å². The third-order valence-corrected chi connectivity index (χ3v) is 4.99. The molecule has 0 aliphatic rings. The van der Waals surface area contributed by atoms with Crippen molar-refractivity contribution in [1.29, 1.82) is 0 Å². The molecule has 9 nitrogen and oxygen atoms in total. The first-order valence-corrected chi connectivity index (χ1v) is 9.57. The number of carbonyl (C=O) groups is 2. The second-order valence-electron chi connectivity index (χ2n) is 7.10. The zero-order valence-electron chi connectivity index (χ0n) is 16.9. The van der Waals surface area contributed by atoms with Crippen LogP contribution in [0.4, 0.5) is 5.95 Å². The van der Waals surface area contributed by atoms with Crippen LogP contribution in [0.5, 0.6) is 0 Å². The molecule has 0 spiro atoms. The smallest absolute Gasteiger partial charge is 0.258 e. The molecule has 1 aromatic heterocycles. The standard InChI is InChI=1S/C22H24N4O5/c1-26-18(15-7-3-2-4-8-15)11-23-21(26)24-19(30)16-9-5-6-10-17(16)20(31)25-22(12-27,13-28)14-29/h2-11,27-29H,12-14H2,1H3,(H,25,31)(H,23,24,30). The number of nitrogens with zero attached hydrogens (tertiary/aromatic N) is 2. The van der Waals surface area contributed by atoms with Crippen molar-refractivity contribution >= 4 is 17.8 Å². The van der Waals surface area contributed by atoms with E-state index in [0.717, 1.165) is 11.3 Å². The van der Waals surface area contributed by atoms with E-state index in [2.05, 4.69) is 15.6 Å². The summed E-state index contributed by atoms with van der Waals surface area (Å²) in [4.78, 5) is 29.9. The molecular weight excluding hydrogens is 400 g/mol. The third-order valence-electron chi connectivity index (χ3n) is 4.99. The molecule has 3 aromatic rings. The van der Waals surface area contributed by atoms with E-state index in [0.29, 0.717) is 5.95 Å². The molecule has 0 unspecified atom stereocenters. The Morgan fingerprint density at radius 2 is 1.45 bits per heavy atom. The Balaban J connectivity index is 1.84. The molecule has 31 heavy (non-hydrogen) atoms. The summed E-state index contributed by atoms with van der Waals surface area (Å²) in [5, 5.41) is 33.4. The molecule has 0 aliphatic heterocycles. The summed E-state index contributed by atoms with van der Waals surface area (Å²) in [7, 11) is 1.77. The Hall–Kier alpha value is -3.53. The normalized spacial score (nSPS) is 11.2. The van der Waals surface area contributed by atoms with Crippen LogP contribution in [0.3, 0.4) is 0 Å². The highest BCUT2D eigenvalue weighted by molar-refractivity contribution is 6.11. The number of carbonyl (C=O) groups excluding carboxylic acids is 2. The molecule has 162 valence electrons. The average Bonchev–Trinajstić information content (AvgIpc) is 3.18. The predicted octanol–water partition coefficient (Wildman–Crippen LogP) is 0.785. The van der Waals surface area contributed by atoms with Gasteiger partial charge in [0.25, 0.3) is 11.8 Å². The highest BCUT2D eigenvalue weighted by Gasteiger charge is 2.31. The van der Waals surface area contributed by atoms with E-state index in [1.807, 2.05) is 30.3 Å². The molecule has 0 saturated carbocycles. The van der Waals surface area contributed by atoms with Gasteiger partial charge in [0.1, 0.15) is 5.54 Å². The summed E-state index contributed by atoms with van der Waals surface area (Å²) in [6.07, 6.45) is 1.64. The fourth-order valence-electron chi connectivity index (χ4n) is 3.03. The number of benzene rings is 2. The summed E-state index contributed by atoms with van der Waals surface area (Å²) < 4.78 is 1.73. The topological polar surface area (TPSA) is 137 Å². The molecule has 2 aromatic carbocycles. The lowest BCUT2D eigenvalue weighted by molar-refractivity contribution is 0.0375. The summed E-state index contributed by atoms with van der Waals surface area (Å²) in [6.45, 7) is -2.01. The molecule has 2 amide bonds. The Kier molecular flexibility index (Phi) is 6.81. The van der Waals surface area contributed by atoms with E-state index in [-0.39, 0.29) is 11.1 Å². The average molecular weight is 424 g/mol. The fraction of sp³-hybridized carbons (Fsp3) is 0.227. The number of aromatic nitrogens is 2. The first-order chi connectivity index (χ1) is 14.9. The molecule has 0 saturated heterocycles. The van der Waals surface area contributed by atoms with E-state index in [4.69, 9.17) is 0 Å². The molecular formula is C22H24N4O5. The zero-order chi connectivity index (χ0) is 22.4.